The number of unbranched alkanes of at least 4 members (excludes halogenated alkanes) is 22. The molecule has 2 atom stereocenters. The third-order valence-corrected chi connectivity index (χ3v) is 8.39. The van der Waals surface area contributed by atoms with Gasteiger partial charge in [-0.3, -0.25) is 9.59 Å². The van der Waals surface area contributed by atoms with E-state index >= 15 is 0 Å². The van der Waals surface area contributed by atoms with Gasteiger partial charge in [-0.1, -0.05) is 154 Å². The first-order chi connectivity index (χ1) is 19.5. The molecule has 0 aromatic carbocycles. The Morgan fingerprint density at radius 3 is 1.38 bits per heavy atom. The fraction of sp³-hybridized carbons (Fsp3) is 0.889. The van der Waals surface area contributed by atoms with Gasteiger partial charge in [-0.25, -0.2) is 0 Å². The second-order valence-corrected chi connectivity index (χ2v) is 12.4. The van der Waals surface area contributed by atoms with E-state index in [2.05, 4.69) is 31.3 Å². The molecule has 40 heavy (non-hydrogen) atoms. The normalized spacial score (nSPS) is 13.1. The molecule has 3 N–H and O–H groups in total. The molecule has 0 bridgehead atoms. The molecule has 2 amide bonds. The van der Waals surface area contributed by atoms with E-state index in [0.717, 1.165) is 38.5 Å². The van der Waals surface area contributed by atoms with Gasteiger partial charge in [0.2, 0.25) is 11.8 Å². The number of hydrogen-bond donors (Lipinski definition) is 2. The Balaban J connectivity index is 3.73. The number of carbonyl (C=O) groups is 2. The lowest BCUT2D eigenvalue weighted by molar-refractivity contribution is -0.125. The topological polar surface area (TPSA) is 72.2 Å². The Bertz CT molecular complexity index is 589. The highest BCUT2D eigenvalue weighted by Gasteiger charge is 2.23. The van der Waals surface area contributed by atoms with E-state index < -0.39 is 0 Å². The highest BCUT2D eigenvalue weighted by Crippen LogP contribution is 2.17. The van der Waals surface area contributed by atoms with Crippen LogP contribution in [0.1, 0.15) is 194 Å². The molecule has 2 unspecified atom stereocenters. The Labute approximate surface area is 250 Å². The molecule has 4 nitrogen and oxygen atoms in total. The van der Waals surface area contributed by atoms with Crippen LogP contribution in [0.2, 0.25) is 0 Å². The van der Waals surface area contributed by atoms with Crippen LogP contribution in [0.15, 0.2) is 12.2 Å². The minimum absolute atomic E-state index is 0.0644. The van der Waals surface area contributed by atoms with Gasteiger partial charge in [0.15, 0.2) is 0 Å². The molecule has 4 heteroatoms. The Hall–Kier alpha value is -1.32. The van der Waals surface area contributed by atoms with Gasteiger partial charge in [-0.05, 0) is 45.4 Å². The van der Waals surface area contributed by atoms with Crippen molar-refractivity contribution in [2.75, 3.05) is 0 Å². The van der Waals surface area contributed by atoms with Gasteiger partial charge in [-0.2, -0.15) is 0 Å². The van der Waals surface area contributed by atoms with Crippen LogP contribution in [0.5, 0.6) is 0 Å². The Morgan fingerprint density at radius 1 is 0.575 bits per heavy atom. The van der Waals surface area contributed by atoms with Crippen molar-refractivity contribution in [2.24, 2.45) is 11.7 Å². The molecule has 0 aliphatic carbocycles. The molecule has 0 saturated heterocycles. The summed E-state index contributed by atoms with van der Waals surface area (Å²) in [5.41, 5.74) is 5.69. The largest absolute Gasteiger partial charge is 0.369 e. The van der Waals surface area contributed by atoms with E-state index in [4.69, 9.17) is 5.73 Å². The third kappa shape index (κ3) is 26.9. The maximum atomic E-state index is 12.4. The fourth-order valence-electron chi connectivity index (χ4n) is 5.63. The lowest BCUT2D eigenvalue weighted by Crippen LogP contribution is -2.43. The maximum absolute atomic E-state index is 12.4. The first-order valence-electron chi connectivity index (χ1n) is 17.8. The summed E-state index contributed by atoms with van der Waals surface area (Å²) in [6, 6.07) is -0.183. The minimum Gasteiger partial charge on any atom is -0.369 e. The number of nitrogens with one attached hydrogen (secondary N) is 1. The smallest absolute Gasteiger partial charge is 0.222 e. The van der Waals surface area contributed by atoms with Gasteiger partial charge in [0.25, 0.3) is 0 Å². The second-order valence-electron chi connectivity index (χ2n) is 12.4. The van der Waals surface area contributed by atoms with Crippen LogP contribution in [0.25, 0.3) is 0 Å². The van der Waals surface area contributed by atoms with Crippen molar-refractivity contribution in [2.45, 2.75) is 200 Å². The zero-order valence-corrected chi connectivity index (χ0v) is 27.3. The third-order valence-electron chi connectivity index (χ3n) is 8.39. The number of carbonyl (C=O) groups excluding carboxylic acids is 2. The van der Waals surface area contributed by atoms with E-state index in [1.54, 1.807) is 0 Å². The van der Waals surface area contributed by atoms with Crippen molar-refractivity contribution in [1.82, 2.24) is 5.32 Å². The van der Waals surface area contributed by atoms with Crippen LogP contribution >= 0.6 is 0 Å². The van der Waals surface area contributed by atoms with Gasteiger partial charge in [0.05, 0.1) is 5.92 Å². The zero-order chi connectivity index (χ0) is 29.5. The van der Waals surface area contributed by atoms with E-state index in [-0.39, 0.29) is 23.8 Å². The quantitative estimate of drug-likeness (QED) is 0.0651. The number of rotatable bonds is 31. The molecule has 0 aromatic heterocycles. The predicted octanol–water partition coefficient (Wildman–Crippen LogP) is 10.7. The molecule has 0 saturated carbocycles. The van der Waals surface area contributed by atoms with Gasteiger partial charge in [-0.15, -0.1) is 0 Å². The summed E-state index contributed by atoms with van der Waals surface area (Å²) >= 11 is 0. The lowest BCUT2D eigenvalue weighted by Gasteiger charge is -2.22. The van der Waals surface area contributed by atoms with Gasteiger partial charge < -0.3 is 11.1 Å². The van der Waals surface area contributed by atoms with E-state index in [9.17, 15) is 9.59 Å². The van der Waals surface area contributed by atoms with Crippen molar-refractivity contribution >= 4 is 11.8 Å². The van der Waals surface area contributed by atoms with Crippen molar-refractivity contribution < 1.29 is 9.59 Å². The standard InChI is InChI=1S/C36H70N2O2/c1-4-6-8-10-12-14-16-18-20-21-23-25-27-29-31-34(36(37)40)33(3)38-35(39)32-30-28-26-24-22-19-17-15-13-11-9-7-5-2/h18,20,33-34H,4-17,19,21-32H2,1-3H3,(H2,37,40)(H,38,39). The molecule has 0 rings (SSSR count). The van der Waals surface area contributed by atoms with E-state index in [1.807, 2.05) is 6.92 Å². The molecule has 0 spiro atoms. The van der Waals surface area contributed by atoms with Crippen molar-refractivity contribution in [3.05, 3.63) is 12.2 Å². The molecule has 0 heterocycles. The van der Waals surface area contributed by atoms with Gasteiger partial charge in [0.1, 0.15) is 0 Å². The molecule has 0 aliphatic rings. The summed E-state index contributed by atoms with van der Waals surface area (Å²) in [6.07, 6.45) is 38.0. The first-order valence-corrected chi connectivity index (χ1v) is 17.8. The first kappa shape index (κ1) is 38.7. The molecule has 0 aromatic rings. The zero-order valence-electron chi connectivity index (χ0n) is 27.3. The molecule has 236 valence electrons. The lowest BCUT2D eigenvalue weighted by atomic mass is 9.93. The average Bonchev–Trinajstić information content (AvgIpc) is 2.93. The predicted molar refractivity (Wildman–Crippen MR) is 175 cm³/mol. The molecule has 0 aliphatic heterocycles. The van der Waals surface area contributed by atoms with Crippen LogP contribution in [0.3, 0.4) is 0 Å². The van der Waals surface area contributed by atoms with Crippen LogP contribution in [-0.4, -0.2) is 17.9 Å². The summed E-state index contributed by atoms with van der Waals surface area (Å²) in [5.74, 6) is -0.492. The van der Waals surface area contributed by atoms with Gasteiger partial charge in [0, 0.05) is 12.5 Å². The summed E-state index contributed by atoms with van der Waals surface area (Å²) in [7, 11) is 0. The van der Waals surface area contributed by atoms with Crippen molar-refractivity contribution in [3.63, 3.8) is 0 Å². The second kappa shape index (κ2) is 30.6. The van der Waals surface area contributed by atoms with Crippen LogP contribution < -0.4 is 11.1 Å². The number of nitrogens with two attached hydrogens (primary N) is 1. The summed E-state index contributed by atoms with van der Waals surface area (Å²) in [6.45, 7) is 6.47. The van der Waals surface area contributed by atoms with E-state index in [1.165, 1.54) is 128 Å². The SMILES string of the molecule is CCCCCCCCC=CCCCCCCC(C(N)=O)C(C)NC(=O)CCCCCCCCCCCCCCC. The summed E-state index contributed by atoms with van der Waals surface area (Å²) < 4.78 is 0. The Morgan fingerprint density at radius 2 is 0.950 bits per heavy atom. The Kier molecular flexibility index (Phi) is 29.6. The summed E-state index contributed by atoms with van der Waals surface area (Å²) in [5, 5.41) is 3.06. The molecule has 0 radical (unpaired) electrons. The number of allylic oxidation sites excluding steroid dienone is 2. The van der Waals surface area contributed by atoms with E-state index in [0.29, 0.717) is 6.42 Å². The van der Waals surface area contributed by atoms with Crippen molar-refractivity contribution in [1.29, 1.82) is 0 Å². The number of primary amides is 1. The molecular formula is C36H70N2O2. The fourth-order valence-corrected chi connectivity index (χ4v) is 5.63. The number of amides is 2. The van der Waals surface area contributed by atoms with Crippen LogP contribution in [-0.2, 0) is 9.59 Å². The summed E-state index contributed by atoms with van der Waals surface area (Å²) in [4.78, 5) is 24.4. The van der Waals surface area contributed by atoms with Crippen LogP contribution in [0.4, 0.5) is 0 Å². The maximum Gasteiger partial charge on any atom is 0.222 e. The van der Waals surface area contributed by atoms with Crippen LogP contribution in [0, 0.1) is 5.92 Å². The van der Waals surface area contributed by atoms with Crippen molar-refractivity contribution in [3.8, 4) is 0 Å². The minimum atomic E-state index is -0.286. The number of hydrogen-bond acceptors (Lipinski definition) is 2. The monoisotopic (exact) mass is 563 g/mol. The highest BCUT2D eigenvalue weighted by molar-refractivity contribution is 5.80. The molecule has 0 fully saturated rings. The highest BCUT2D eigenvalue weighted by atomic mass is 16.2. The average molecular weight is 563 g/mol. The van der Waals surface area contributed by atoms with Gasteiger partial charge >= 0.3 is 0 Å². The molecular weight excluding hydrogens is 492 g/mol.